The minimum absolute atomic E-state index is 0.0149. The third-order valence-electron chi connectivity index (χ3n) is 3.43. The van der Waals surface area contributed by atoms with E-state index < -0.39 is 21.0 Å². The summed E-state index contributed by atoms with van der Waals surface area (Å²) in [6.07, 6.45) is 0. The quantitative estimate of drug-likeness (QED) is 0.807. The molecule has 0 aromatic heterocycles. The van der Waals surface area contributed by atoms with E-state index >= 15 is 0 Å². The Morgan fingerprint density at radius 2 is 2.14 bits per heavy atom. The second-order valence-corrected chi connectivity index (χ2v) is 8.68. The van der Waals surface area contributed by atoms with Crippen LogP contribution in [0.15, 0.2) is 6.07 Å². The smallest absolute Gasteiger partial charge is 0.171 e. The van der Waals surface area contributed by atoms with Gasteiger partial charge in [-0.1, -0.05) is 18.5 Å². The molecule has 2 rings (SSSR count). The number of rotatable bonds is 3. The predicted octanol–water partition coefficient (Wildman–Crippen LogP) is 1.96. The molecule has 5 nitrogen and oxygen atoms in total. The zero-order valence-electron chi connectivity index (χ0n) is 11.5. The van der Waals surface area contributed by atoms with E-state index in [-0.39, 0.29) is 27.8 Å². The first-order valence-electron chi connectivity index (χ1n) is 6.38. The van der Waals surface area contributed by atoms with Gasteiger partial charge in [0.2, 0.25) is 0 Å². The summed E-state index contributed by atoms with van der Waals surface area (Å²) < 4.78 is 38.9. The van der Waals surface area contributed by atoms with Crippen LogP contribution in [-0.2, 0) is 9.84 Å². The van der Waals surface area contributed by atoms with E-state index in [0.717, 1.165) is 0 Å². The molecule has 1 atom stereocenters. The van der Waals surface area contributed by atoms with Gasteiger partial charge in [-0.25, -0.2) is 12.8 Å². The van der Waals surface area contributed by atoms with Crippen molar-refractivity contribution in [1.29, 1.82) is 0 Å². The summed E-state index contributed by atoms with van der Waals surface area (Å²) >= 11 is 7.35. The van der Waals surface area contributed by atoms with Crippen molar-refractivity contribution in [1.82, 2.24) is 0 Å². The Labute approximate surface area is 132 Å². The maximum absolute atomic E-state index is 14.4. The van der Waals surface area contributed by atoms with Crippen LogP contribution in [-0.4, -0.2) is 37.6 Å². The highest BCUT2D eigenvalue weighted by Gasteiger charge is 2.35. The highest BCUT2D eigenvalue weighted by atomic mass is 35.5. The number of thioether (sulfide) groups is 1. The minimum Gasteiger partial charge on any atom is -0.397 e. The molecule has 0 amide bonds. The van der Waals surface area contributed by atoms with Crippen LogP contribution < -0.4 is 16.4 Å². The third-order valence-corrected chi connectivity index (χ3v) is 7.10. The molecule has 1 aromatic rings. The van der Waals surface area contributed by atoms with E-state index in [1.165, 1.54) is 22.7 Å². The van der Waals surface area contributed by atoms with E-state index in [1.807, 2.05) is 0 Å². The molecule has 1 aliphatic rings. The minimum atomic E-state index is -3.37. The monoisotopic (exact) mass is 353 g/mol. The highest BCUT2D eigenvalue weighted by Crippen LogP contribution is 2.39. The number of nitrogens with zero attached hydrogens (tertiary/aromatic N) is 1. The van der Waals surface area contributed by atoms with E-state index in [0.29, 0.717) is 18.1 Å². The van der Waals surface area contributed by atoms with Gasteiger partial charge >= 0.3 is 0 Å². The van der Waals surface area contributed by atoms with Gasteiger partial charge in [0.1, 0.15) is 10.4 Å². The summed E-state index contributed by atoms with van der Waals surface area (Å²) in [4.78, 5) is 1.49. The van der Waals surface area contributed by atoms with Crippen molar-refractivity contribution in [3.8, 4) is 0 Å². The van der Waals surface area contributed by atoms with Gasteiger partial charge in [0.15, 0.2) is 15.7 Å². The maximum Gasteiger partial charge on any atom is 0.171 e. The van der Waals surface area contributed by atoms with Crippen LogP contribution in [0.2, 0.25) is 5.02 Å². The van der Waals surface area contributed by atoms with E-state index in [1.54, 1.807) is 6.92 Å². The zero-order chi connectivity index (χ0) is 15.8. The van der Waals surface area contributed by atoms with Crippen LogP contribution in [0.5, 0.6) is 0 Å². The molecule has 21 heavy (non-hydrogen) atoms. The maximum atomic E-state index is 14.4. The van der Waals surface area contributed by atoms with Gasteiger partial charge in [-0.05, 0) is 6.07 Å². The fourth-order valence-electron chi connectivity index (χ4n) is 2.28. The summed E-state index contributed by atoms with van der Waals surface area (Å²) in [6.45, 7) is 1.96. The Morgan fingerprint density at radius 1 is 1.48 bits per heavy atom. The summed E-state index contributed by atoms with van der Waals surface area (Å²) in [5.41, 5.74) is 11.6. The summed E-state index contributed by atoms with van der Waals surface area (Å²) in [7, 11) is -3.37. The van der Waals surface area contributed by atoms with Gasteiger partial charge in [0.05, 0.1) is 17.1 Å². The molecule has 0 bridgehead atoms. The Bertz CT molecular complexity index is 654. The molecule has 0 spiro atoms. The molecule has 1 fully saturated rings. The lowest BCUT2D eigenvalue weighted by atomic mass is 10.2. The number of anilines is 3. The fraction of sp³-hybridized carbons (Fsp3) is 0.500. The average molecular weight is 354 g/mol. The van der Waals surface area contributed by atoms with Gasteiger partial charge in [0.25, 0.3) is 0 Å². The number of halogens is 2. The molecule has 0 saturated carbocycles. The van der Waals surface area contributed by atoms with Crippen LogP contribution in [0, 0.1) is 5.82 Å². The van der Waals surface area contributed by atoms with Gasteiger partial charge in [-0.3, -0.25) is 0 Å². The van der Waals surface area contributed by atoms with Gasteiger partial charge in [-0.2, -0.15) is 11.8 Å². The molecule has 1 aromatic carbocycles. The lowest BCUT2D eigenvalue weighted by Gasteiger charge is -2.37. The molecule has 1 saturated heterocycles. The molecule has 0 aliphatic carbocycles. The first kappa shape index (κ1) is 16.5. The molecule has 9 heteroatoms. The Hall–Kier alpha value is -0.860. The van der Waals surface area contributed by atoms with Crippen molar-refractivity contribution in [2.75, 3.05) is 40.2 Å². The number of benzene rings is 1. The summed E-state index contributed by atoms with van der Waals surface area (Å²) in [6, 6.07) is 1.36. The van der Waals surface area contributed by atoms with E-state index in [4.69, 9.17) is 23.1 Å². The lowest BCUT2D eigenvalue weighted by molar-refractivity contribution is 0.575. The Morgan fingerprint density at radius 3 is 2.76 bits per heavy atom. The first-order chi connectivity index (χ1) is 9.79. The first-order valence-corrected chi connectivity index (χ1v) is 9.63. The number of hydrogen-bond acceptors (Lipinski definition) is 6. The largest absolute Gasteiger partial charge is 0.397 e. The van der Waals surface area contributed by atoms with Crippen molar-refractivity contribution < 1.29 is 12.8 Å². The van der Waals surface area contributed by atoms with Crippen molar-refractivity contribution >= 4 is 50.3 Å². The normalized spacial score (nSPS) is 19.8. The van der Waals surface area contributed by atoms with Crippen LogP contribution >= 0.6 is 23.4 Å². The number of nitrogens with two attached hydrogens (primary N) is 2. The Kier molecular flexibility index (Phi) is 4.79. The second-order valence-electron chi connectivity index (χ2n) is 4.71. The molecular weight excluding hydrogens is 337 g/mol. The highest BCUT2D eigenvalue weighted by molar-refractivity contribution is 8.01. The Balaban J connectivity index is 2.56. The van der Waals surface area contributed by atoms with Gasteiger partial charge < -0.3 is 16.4 Å². The molecule has 4 N–H and O–H groups in total. The number of hydrogen-bond donors (Lipinski definition) is 2. The van der Waals surface area contributed by atoms with Crippen molar-refractivity contribution in [3.63, 3.8) is 0 Å². The van der Waals surface area contributed by atoms with E-state index in [2.05, 4.69) is 0 Å². The number of sulfone groups is 1. The molecule has 1 aliphatic heterocycles. The fourth-order valence-corrected chi connectivity index (χ4v) is 5.39. The standard InChI is InChI=1S/C12H17ClFN3O2S2/c1-2-21(18,19)9-6-20-4-3-17(9)12-8(16)5-7(15)10(13)11(12)14/h5,9H,2-4,6,15-16H2,1H3. The van der Waals surface area contributed by atoms with Crippen LogP contribution in [0.4, 0.5) is 21.5 Å². The SMILES string of the molecule is CCS(=O)(=O)C1CSCCN1c1c(N)cc(N)c(Cl)c1F. The lowest BCUT2D eigenvalue weighted by Crippen LogP contribution is -2.48. The van der Waals surface area contributed by atoms with Crippen LogP contribution in [0.25, 0.3) is 0 Å². The van der Waals surface area contributed by atoms with Crippen molar-refractivity contribution in [2.45, 2.75) is 12.3 Å². The molecule has 0 radical (unpaired) electrons. The van der Waals surface area contributed by atoms with Crippen LogP contribution in [0.1, 0.15) is 6.92 Å². The molecule has 118 valence electrons. The summed E-state index contributed by atoms with van der Waals surface area (Å²) in [5, 5.41) is -1.04. The molecule has 1 heterocycles. The summed E-state index contributed by atoms with van der Waals surface area (Å²) in [5.74, 6) is 0.282. The third kappa shape index (κ3) is 3.02. The second kappa shape index (κ2) is 6.10. The topological polar surface area (TPSA) is 89.4 Å². The predicted molar refractivity (Wildman–Crippen MR) is 88.2 cm³/mol. The van der Waals surface area contributed by atoms with Crippen LogP contribution in [0.3, 0.4) is 0 Å². The zero-order valence-corrected chi connectivity index (χ0v) is 13.9. The molecular formula is C12H17ClFN3O2S2. The van der Waals surface area contributed by atoms with Gasteiger partial charge in [0, 0.05) is 23.8 Å². The average Bonchev–Trinajstić information content (AvgIpc) is 2.45. The van der Waals surface area contributed by atoms with Gasteiger partial charge in [-0.15, -0.1) is 0 Å². The van der Waals surface area contributed by atoms with E-state index in [9.17, 15) is 12.8 Å². The van der Waals surface area contributed by atoms with Crippen molar-refractivity contribution in [3.05, 3.63) is 16.9 Å². The number of nitrogen functional groups attached to an aromatic ring is 2. The van der Waals surface area contributed by atoms with Crippen molar-refractivity contribution in [2.24, 2.45) is 0 Å². The molecule has 1 unspecified atom stereocenters.